The number of aliphatic hydroxyl groups excluding tert-OH is 1. The Balaban J connectivity index is 1.08. The highest BCUT2D eigenvalue weighted by Crippen LogP contribution is 2.31. The summed E-state index contributed by atoms with van der Waals surface area (Å²) in [5, 5.41) is 17.6. The number of hydrogen-bond donors (Lipinski definition) is 3. The van der Waals surface area contributed by atoms with E-state index in [9.17, 15) is 14.7 Å². The Bertz CT molecular complexity index is 1500. The molecule has 2 amide bonds. The molecule has 3 atom stereocenters. The number of rotatable bonds is 7. The van der Waals surface area contributed by atoms with Crippen molar-refractivity contribution in [2.75, 3.05) is 18.4 Å². The quantitative estimate of drug-likeness (QED) is 0.299. The van der Waals surface area contributed by atoms with Gasteiger partial charge in [-0.25, -0.2) is 4.98 Å². The Hall–Kier alpha value is -3.24. The van der Waals surface area contributed by atoms with Crippen molar-refractivity contribution in [3.63, 3.8) is 0 Å². The van der Waals surface area contributed by atoms with Crippen molar-refractivity contribution in [1.82, 2.24) is 19.8 Å². The van der Waals surface area contributed by atoms with Gasteiger partial charge in [0.05, 0.1) is 23.4 Å². The van der Waals surface area contributed by atoms with Crippen molar-refractivity contribution in [2.24, 2.45) is 5.92 Å². The zero-order valence-electron chi connectivity index (χ0n) is 21.3. The van der Waals surface area contributed by atoms with Crippen LogP contribution < -0.4 is 10.6 Å². The fraction of sp³-hybridized carbons (Fsp3) is 0.345. The average Bonchev–Trinajstić information content (AvgIpc) is 3.72. The van der Waals surface area contributed by atoms with E-state index in [1.165, 1.54) is 11.3 Å². The number of hydrogen-bond acceptors (Lipinski definition) is 6. The summed E-state index contributed by atoms with van der Waals surface area (Å²) in [6.45, 7) is 2.20. The van der Waals surface area contributed by atoms with Crippen molar-refractivity contribution in [2.45, 2.75) is 44.4 Å². The molecule has 1 unspecified atom stereocenters. The lowest BCUT2D eigenvalue weighted by molar-refractivity contribution is -0.120. The lowest BCUT2D eigenvalue weighted by atomic mass is 10.0. The van der Waals surface area contributed by atoms with Crippen LogP contribution in [-0.2, 0) is 11.3 Å². The minimum absolute atomic E-state index is 0.0791. The molecule has 4 aromatic rings. The Morgan fingerprint density at radius 2 is 1.95 bits per heavy atom. The molecule has 39 heavy (non-hydrogen) atoms. The smallest absolute Gasteiger partial charge is 0.261 e. The first-order chi connectivity index (χ1) is 18.9. The van der Waals surface area contributed by atoms with E-state index in [2.05, 4.69) is 20.5 Å². The first-order valence-corrected chi connectivity index (χ1v) is 14.5. The number of aliphatic hydroxyl groups is 1. The maximum Gasteiger partial charge on any atom is 0.261 e. The number of β-amino-alcohol motifs (C(OH)–C–C–N with tert-alkyl or cyclic N) is 1. The number of carbonyl (C=O) groups excluding carboxylic acids is 2. The van der Waals surface area contributed by atoms with Gasteiger partial charge >= 0.3 is 0 Å². The third kappa shape index (κ3) is 5.72. The van der Waals surface area contributed by atoms with Crippen LogP contribution in [0, 0.1) is 5.92 Å². The van der Waals surface area contributed by atoms with Gasteiger partial charge < -0.3 is 20.3 Å². The number of aromatic nitrogens is 2. The van der Waals surface area contributed by atoms with Crippen LogP contribution in [0.15, 0.2) is 60.9 Å². The molecule has 2 aromatic heterocycles. The van der Waals surface area contributed by atoms with Crippen LogP contribution in [0.2, 0.25) is 5.02 Å². The molecule has 10 heteroatoms. The third-order valence-corrected chi connectivity index (χ3v) is 8.95. The molecule has 3 N–H and O–H groups in total. The van der Waals surface area contributed by atoms with Gasteiger partial charge in [-0.1, -0.05) is 24.1 Å². The van der Waals surface area contributed by atoms with Crippen LogP contribution in [0.1, 0.15) is 41.2 Å². The molecule has 2 aliphatic rings. The predicted octanol–water partition coefficient (Wildman–Crippen LogP) is 4.84. The maximum atomic E-state index is 13.2. The third-order valence-electron chi connectivity index (χ3n) is 7.62. The molecular formula is C29H30ClN5O3S. The largest absolute Gasteiger partial charge is 0.392 e. The van der Waals surface area contributed by atoms with Crippen molar-refractivity contribution in [3.8, 4) is 5.69 Å². The molecule has 202 valence electrons. The van der Waals surface area contributed by atoms with Gasteiger partial charge in [0.2, 0.25) is 5.91 Å². The van der Waals surface area contributed by atoms with E-state index in [0.29, 0.717) is 28.7 Å². The van der Waals surface area contributed by atoms with E-state index in [0.717, 1.165) is 53.8 Å². The number of likely N-dealkylation sites (tertiary alicyclic amines) is 1. The SMILES string of the molecule is O=C(N[C@@H]1CCC[C@@H]1C(=O)Nc1ccc(-n2ccnc2CN2CCC(O)C2)cc1)c1cc2ccc(Cl)cc2s1. The number of nitrogens with zero attached hydrogens (tertiary/aromatic N) is 3. The molecule has 2 aromatic carbocycles. The number of fused-ring (bicyclic) bond motifs is 1. The zero-order valence-corrected chi connectivity index (χ0v) is 22.9. The van der Waals surface area contributed by atoms with E-state index >= 15 is 0 Å². The molecule has 1 aliphatic heterocycles. The highest BCUT2D eigenvalue weighted by atomic mass is 35.5. The Kier molecular flexibility index (Phi) is 7.40. The minimum Gasteiger partial charge on any atom is -0.392 e. The average molecular weight is 564 g/mol. The van der Waals surface area contributed by atoms with Crippen molar-refractivity contribution in [3.05, 3.63) is 76.6 Å². The molecule has 2 fully saturated rings. The molecule has 6 rings (SSSR count). The minimum atomic E-state index is -0.284. The standard InChI is InChI=1S/C29H30ClN5O3S/c30-19-5-4-18-14-26(39-25(18)15-19)29(38)33-24-3-1-2-23(24)28(37)32-20-6-8-21(9-7-20)35-13-11-31-27(35)17-34-12-10-22(36)16-34/h4-9,11,13-15,22-24,36H,1-3,10,12,16-17H2,(H,32,37)(H,33,38)/t22?,23-,24+/m0/s1. The van der Waals surface area contributed by atoms with Gasteiger partial charge in [-0.2, -0.15) is 0 Å². The summed E-state index contributed by atoms with van der Waals surface area (Å²) in [5.74, 6) is 0.395. The lowest BCUT2D eigenvalue weighted by Crippen LogP contribution is -2.41. The number of amides is 2. The second kappa shape index (κ2) is 11.1. The van der Waals surface area contributed by atoms with Crippen LogP contribution in [-0.4, -0.2) is 56.6 Å². The van der Waals surface area contributed by atoms with E-state index in [-0.39, 0.29) is 29.9 Å². The summed E-state index contributed by atoms with van der Waals surface area (Å²) in [5.41, 5.74) is 1.67. The van der Waals surface area contributed by atoms with Gasteiger partial charge in [0, 0.05) is 52.6 Å². The van der Waals surface area contributed by atoms with Gasteiger partial charge in [0.15, 0.2) is 0 Å². The summed E-state index contributed by atoms with van der Waals surface area (Å²) in [6, 6.07) is 15.0. The first kappa shape index (κ1) is 26.0. The molecule has 0 bridgehead atoms. The van der Waals surface area contributed by atoms with Crippen LogP contribution in [0.3, 0.4) is 0 Å². The second-order valence-electron chi connectivity index (χ2n) is 10.3. The van der Waals surface area contributed by atoms with E-state index in [4.69, 9.17) is 11.6 Å². The number of benzene rings is 2. The molecule has 0 spiro atoms. The molecule has 8 nitrogen and oxygen atoms in total. The lowest BCUT2D eigenvalue weighted by Gasteiger charge is -2.20. The number of nitrogens with one attached hydrogen (secondary N) is 2. The van der Waals surface area contributed by atoms with Gasteiger partial charge in [-0.05, 0) is 67.1 Å². The van der Waals surface area contributed by atoms with E-state index in [1.807, 2.05) is 59.3 Å². The number of halogens is 1. The van der Waals surface area contributed by atoms with Crippen molar-refractivity contribution >= 4 is 50.5 Å². The normalized spacial score (nSPS) is 21.4. The summed E-state index contributed by atoms with van der Waals surface area (Å²) in [7, 11) is 0. The molecule has 1 saturated carbocycles. The Labute approximate surface area is 235 Å². The summed E-state index contributed by atoms with van der Waals surface area (Å²) in [4.78, 5) is 33.5. The van der Waals surface area contributed by atoms with E-state index < -0.39 is 0 Å². The van der Waals surface area contributed by atoms with Gasteiger partial charge in [-0.15, -0.1) is 11.3 Å². The number of anilines is 1. The van der Waals surface area contributed by atoms with Crippen molar-refractivity contribution < 1.29 is 14.7 Å². The number of thiophene rings is 1. The van der Waals surface area contributed by atoms with E-state index in [1.54, 1.807) is 6.20 Å². The molecule has 1 aliphatic carbocycles. The molecular weight excluding hydrogens is 534 g/mol. The monoisotopic (exact) mass is 563 g/mol. The topological polar surface area (TPSA) is 99.5 Å². The molecule has 1 saturated heterocycles. The summed E-state index contributed by atoms with van der Waals surface area (Å²) in [6.07, 6.45) is 6.63. The number of imidazole rings is 1. The highest BCUT2D eigenvalue weighted by Gasteiger charge is 2.34. The fourth-order valence-corrected chi connectivity index (χ4v) is 6.83. The van der Waals surface area contributed by atoms with Gasteiger partial charge in [0.1, 0.15) is 5.82 Å². The Morgan fingerprint density at radius 1 is 1.10 bits per heavy atom. The van der Waals surface area contributed by atoms with Gasteiger partial charge in [0.25, 0.3) is 5.91 Å². The summed E-state index contributed by atoms with van der Waals surface area (Å²) < 4.78 is 3.00. The molecule has 3 heterocycles. The highest BCUT2D eigenvalue weighted by molar-refractivity contribution is 7.20. The van der Waals surface area contributed by atoms with Crippen LogP contribution >= 0.6 is 22.9 Å². The van der Waals surface area contributed by atoms with Crippen molar-refractivity contribution in [1.29, 1.82) is 0 Å². The maximum absolute atomic E-state index is 13.2. The Morgan fingerprint density at radius 3 is 2.74 bits per heavy atom. The van der Waals surface area contributed by atoms with Crippen LogP contribution in [0.5, 0.6) is 0 Å². The number of carbonyl (C=O) groups is 2. The van der Waals surface area contributed by atoms with Crippen LogP contribution in [0.25, 0.3) is 15.8 Å². The first-order valence-electron chi connectivity index (χ1n) is 13.3. The zero-order chi connectivity index (χ0) is 26.9. The predicted molar refractivity (Wildman–Crippen MR) is 154 cm³/mol. The second-order valence-corrected chi connectivity index (χ2v) is 11.9. The summed E-state index contributed by atoms with van der Waals surface area (Å²) >= 11 is 7.50. The van der Waals surface area contributed by atoms with Crippen LogP contribution in [0.4, 0.5) is 5.69 Å². The molecule has 0 radical (unpaired) electrons. The van der Waals surface area contributed by atoms with Gasteiger partial charge in [-0.3, -0.25) is 14.5 Å². The fourth-order valence-electron chi connectivity index (χ4n) is 5.59.